The van der Waals surface area contributed by atoms with Crippen LogP contribution in [0, 0.1) is 5.92 Å². The molecule has 1 atom stereocenters. The predicted molar refractivity (Wildman–Crippen MR) is 66.9 cm³/mol. The summed E-state index contributed by atoms with van der Waals surface area (Å²) >= 11 is 1.10. The summed E-state index contributed by atoms with van der Waals surface area (Å²) in [4.78, 5) is 0. The van der Waals surface area contributed by atoms with Gasteiger partial charge in [-0.05, 0) is 12.8 Å². The normalized spacial score (nSPS) is 17.9. The van der Waals surface area contributed by atoms with E-state index >= 15 is 0 Å². The standard InChI is InChI=1S/C11H17F3N4S/c12-11(13,14)8(6-15)7-19-10-17-16-9-4-2-1-3-5-18(9)10/h8H,1-7,15H2. The number of hydrogen-bond acceptors (Lipinski definition) is 4. The third-order valence-electron chi connectivity index (χ3n) is 3.24. The molecule has 8 heteroatoms. The number of aromatic nitrogens is 3. The van der Waals surface area contributed by atoms with Crippen LogP contribution in [0.4, 0.5) is 13.2 Å². The Hall–Kier alpha value is -0.760. The van der Waals surface area contributed by atoms with Crippen molar-refractivity contribution in [3.8, 4) is 0 Å². The van der Waals surface area contributed by atoms with Crippen molar-refractivity contribution in [2.75, 3.05) is 12.3 Å². The Morgan fingerprint density at radius 1 is 1.26 bits per heavy atom. The summed E-state index contributed by atoms with van der Waals surface area (Å²) in [6, 6.07) is 0. The summed E-state index contributed by atoms with van der Waals surface area (Å²) in [6.45, 7) is 0.404. The number of fused-ring (bicyclic) bond motifs is 1. The third kappa shape index (κ3) is 3.62. The monoisotopic (exact) mass is 294 g/mol. The van der Waals surface area contributed by atoms with E-state index in [-0.39, 0.29) is 5.75 Å². The lowest BCUT2D eigenvalue weighted by Crippen LogP contribution is -2.32. The van der Waals surface area contributed by atoms with E-state index in [4.69, 9.17) is 5.73 Å². The maximum atomic E-state index is 12.6. The number of hydrogen-bond donors (Lipinski definition) is 1. The molecule has 0 fully saturated rings. The highest BCUT2D eigenvalue weighted by molar-refractivity contribution is 7.99. The van der Waals surface area contributed by atoms with Gasteiger partial charge < -0.3 is 10.3 Å². The van der Waals surface area contributed by atoms with Crippen molar-refractivity contribution in [2.24, 2.45) is 11.7 Å². The van der Waals surface area contributed by atoms with E-state index in [1.165, 1.54) is 0 Å². The second-order valence-electron chi connectivity index (χ2n) is 4.65. The minimum atomic E-state index is -4.25. The molecule has 2 N–H and O–H groups in total. The largest absolute Gasteiger partial charge is 0.393 e. The summed E-state index contributed by atoms with van der Waals surface area (Å²) in [5.41, 5.74) is 5.19. The van der Waals surface area contributed by atoms with E-state index in [0.717, 1.165) is 49.8 Å². The Balaban J connectivity index is 2.02. The van der Waals surface area contributed by atoms with Crippen molar-refractivity contribution in [2.45, 2.75) is 43.6 Å². The van der Waals surface area contributed by atoms with Crippen molar-refractivity contribution < 1.29 is 13.2 Å². The molecule has 1 aromatic heterocycles. The molecule has 2 heterocycles. The van der Waals surface area contributed by atoms with Crippen LogP contribution >= 0.6 is 11.8 Å². The number of halogens is 3. The first-order chi connectivity index (χ1) is 9.02. The maximum Gasteiger partial charge on any atom is 0.393 e. The third-order valence-corrected chi connectivity index (χ3v) is 4.37. The fourth-order valence-electron chi connectivity index (χ4n) is 2.04. The fourth-order valence-corrected chi connectivity index (χ4v) is 3.16. The maximum absolute atomic E-state index is 12.6. The zero-order valence-corrected chi connectivity index (χ0v) is 11.3. The molecule has 1 aromatic rings. The number of thioether (sulfide) groups is 1. The quantitative estimate of drug-likeness (QED) is 0.865. The van der Waals surface area contributed by atoms with Gasteiger partial charge in [0, 0.05) is 25.3 Å². The van der Waals surface area contributed by atoms with Crippen molar-refractivity contribution >= 4 is 11.8 Å². The van der Waals surface area contributed by atoms with Crippen LogP contribution in [0.3, 0.4) is 0 Å². The number of aryl methyl sites for hydroxylation is 1. The van der Waals surface area contributed by atoms with Crippen molar-refractivity contribution in [3.05, 3.63) is 5.82 Å². The topological polar surface area (TPSA) is 56.7 Å². The van der Waals surface area contributed by atoms with E-state index in [2.05, 4.69) is 10.2 Å². The van der Waals surface area contributed by atoms with Gasteiger partial charge in [0.2, 0.25) is 0 Å². The second-order valence-corrected chi connectivity index (χ2v) is 5.63. The smallest absolute Gasteiger partial charge is 0.330 e. The highest BCUT2D eigenvalue weighted by atomic mass is 32.2. The lowest BCUT2D eigenvalue weighted by molar-refractivity contribution is -0.165. The molecule has 2 rings (SSSR count). The molecule has 1 aliphatic rings. The van der Waals surface area contributed by atoms with Crippen LogP contribution in [0.25, 0.3) is 0 Å². The molecule has 0 saturated carbocycles. The molecular weight excluding hydrogens is 277 g/mol. The average Bonchev–Trinajstić information content (AvgIpc) is 2.58. The first-order valence-corrected chi connectivity index (χ1v) is 7.32. The second kappa shape index (κ2) is 6.13. The molecule has 1 aliphatic heterocycles. The molecule has 0 aliphatic carbocycles. The minimum Gasteiger partial charge on any atom is -0.330 e. The van der Waals surface area contributed by atoms with Gasteiger partial charge in [-0.2, -0.15) is 13.2 Å². The van der Waals surface area contributed by atoms with Gasteiger partial charge in [-0.3, -0.25) is 0 Å². The number of nitrogens with two attached hydrogens (primary N) is 1. The number of alkyl halides is 3. The Morgan fingerprint density at radius 3 is 2.74 bits per heavy atom. The summed E-state index contributed by atoms with van der Waals surface area (Å²) < 4.78 is 39.8. The number of nitrogens with zero attached hydrogens (tertiary/aromatic N) is 3. The van der Waals surface area contributed by atoms with Crippen LogP contribution in [-0.4, -0.2) is 33.2 Å². The highest BCUT2D eigenvalue weighted by Gasteiger charge is 2.38. The molecule has 19 heavy (non-hydrogen) atoms. The van der Waals surface area contributed by atoms with Gasteiger partial charge in [0.05, 0.1) is 5.92 Å². The van der Waals surface area contributed by atoms with Crippen LogP contribution in [0.15, 0.2) is 5.16 Å². The lowest BCUT2D eigenvalue weighted by atomic mass is 10.2. The lowest BCUT2D eigenvalue weighted by Gasteiger charge is -2.17. The zero-order valence-electron chi connectivity index (χ0n) is 10.5. The van der Waals surface area contributed by atoms with E-state index in [9.17, 15) is 13.2 Å². The number of rotatable bonds is 4. The zero-order chi connectivity index (χ0) is 13.9. The Morgan fingerprint density at radius 2 is 2.05 bits per heavy atom. The highest BCUT2D eigenvalue weighted by Crippen LogP contribution is 2.31. The summed E-state index contributed by atoms with van der Waals surface area (Å²) in [5, 5.41) is 8.64. The molecule has 4 nitrogen and oxygen atoms in total. The van der Waals surface area contributed by atoms with E-state index in [1.54, 1.807) is 0 Å². The Kier molecular flexibility index (Phi) is 4.72. The summed E-state index contributed by atoms with van der Waals surface area (Å²) in [6.07, 6.45) is -0.174. The fraction of sp³-hybridized carbons (Fsp3) is 0.818. The SMILES string of the molecule is NCC(CSc1nnc2n1CCCCC2)C(F)(F)F. The van der Waals surface area contributed by atoms with Crippen LogP contribution in [0.5, 0.6) is 0 Å². The average molecular weight is 294 g/mol. The molecule has 0 amide bonds. The molecular formula is C11H17F3N4S. The van der Waals surface area contributed by atoms with Gasteiger partial charge in [-0.25, -0.2) is 0 Å². The first kappa shape index (κ1) is 14.6. The van der Waals surface area contributed by atoms with Gasteiger partial charge in [-0.1, -0.05) is 18.2 Å². The van der Waals surface area contributed by atoms with Crippen molar-refractivity contribution in [1.82, 2.24) is 14.8 Å². The van der Waals surface area contributed by atoms with Crippen molar-refractivity contribution in [3.63, 3.8) is 0 Å². The van der Waals surface area contributed by atoms with Crippen LogP contribution in [-0.2, 0) is 13.0 Å². The van der Waals surface area contributed by atoms with E-state index in [0.29, 0.717) is 5.16 Å². The van der Waals surface area contributed by atoms with E-state index in [1.807, 2.05) is 4.57 Å². The first-order valence-electron chi connectivity index (χ1n) is 6.34. The van der Waals surface area contributed by atoms with Crippen LogP contribution in [0.2, 0.25) is 0 Å². The summed E-state index contributed by atoms with van der Waals surface area (Å²) in [5.74, 6) is -0.703. The van der Waals surface area contributed by atoms with Gasteiger partial charge in [-0.15, -0.1) is 10.2 Å². The van der Waals surface area contributed by atoms with Gasteiger partial charge in [0.25, 0.3) is 0 Å². The molecule has 1 unspecified atom stereocenters. The molecule has 0 radical (unpaired) electrons. The van der Waals surface area contributed by atoms with E-state index < -0.39 is 18.6 Å². The van der Waals surface area contributed by atoms with Crippen LogP contribution in [0.1, 0.15) is 25.1 Å². The molecule has 0 spiro atoms. The van der Waals surface area contributed by atoms with Crippen molar-refractivity contribution in [1.29, 1.82) is 0 Å². The Labute approximate surface area is 113 Å². The summed E-state index contributed by atoms with van der Waals surface area (Å²) in [7, 11) is 0. The molecule has 0 aromatic carbocycles. The van der Waals surface area contributed by atoms with Gasteiger partial charge in [0.15, 0.2) is 5.16 Å². The predicted octanol–water partition coefficient (Wildman–Crippen LogP) is 2.23. The Bertz CT molecular complexity index is 419. The molecule has 108 valence electrons. The molecule has 0 saturated heterocycles. The molecule has 0 bridgehead atoms. The van der Waals surface area contributed by atoms with Gasteiger partial charge in [0.1, 0.15) is 5.82 Å². The van der Waals surface area contributed by atoms with Crippen LogP contribution < -0.4 is 5.73 Å². The van der Waals surface area contributed by atoms with Gasteiger partial charge >= 0.3 is 6.18 Å². The minimum absolute atomic E-state index is 0.0991.